The van der Waals surface area contributed by atoms with Gasteiger partial charge in [-0.2, -0.15) is 0 Å². The van der Waals surface area contributed by atoms with E-state index in [0.29, 0.717) is 0 Å². The van der Waals surface area contributed by atoms with E-state index in [-0.39, 0.29) is 0 Å². The van der Waals surface area contributed by atoms with Gasteiger partial charge in [-0.3, -0.25) is 0 Å². The summed E-state index contributed by atoms with van der Waals surface area (Å²) in [5, 5.41) is 3.45. The van der Waals surface area contributed by atoms with Crippen molar-refractivity contribution in [1.82, 2.24) is 4.98 Å². The van der Waals surface area contributed by atoms with Crippen LogP contribution in [0.15, 0.2) is 29.1 Å². The average molecular weight is 191 g/mol. The number of thiophene rings is 1. The zero-order valence-electron chi connectivity index (χ0n) is 6.15. The van der Waals surface area contributed by atoms with Gasteiger partial charge in [0.05, 0.1) is 15.7 Å². The minimum atomic E-state index is 1.12. The van der Waals surface area contributed by atoms with Crippen LogP contribution < -0.4 is 0 Å². The van der Waals surface area contributed by atoms with E-state index in [1.54, 1.807) is 22.7 Å². The molecule has 0 spiro atoms. The lowest BCUT2D eigenvalue weighted by Crippen LogP contribution is -1.65. The van der Waals surface area contributed by atoms with Crippen molar-refractivity contribution < 1.29 is 0 Å². The van der Waals surface area contributed by atoms with E-state index in [2.05, 4.69) is 28.6 Å². The van der Waals surface area contributed by atoms with Crippen LogP contribution in [0, 0.1) is 0 Å². The number of hydrogen-bond acceptors (Lipinski definition) is 3. The van der Waals surface area contributed by atoms with Gasteiger partial charge in [-0.1, -0.05) is 0 Å². The Morgan fingerprint density at radius 3 is 3.08 bits per heavy atom. The first-order valence-corrected chi connectivity index (χ1v) is 5.40. The summed E-state index contributed by atoms with van der Waals surface area (Å²) >= 11 is 3.47. The molecule has 2 aromatic heterocycles. The zero-order chi connectivity index (χ0) is 7.97. The van der Waals surface area contributed by atoms with Gasteiger partial charge in [0.15, 0.2) is 0 Å². The Kier molecular flexibility index (Phi) is 1.25. The molecule has 0 amide bonds. The van der Waals surface area contributed by atoms with E-state index in [4.69, 9.17) is 0 Å². The second-order valence-corrected chi connectivity index (χ2v) is 4.46. The van der Waals surface area contributed by atoms with Crippen molar-refractivity contribution in [1.29, 1.82) is 0 Å². The third-order valence-corrected chi connectivity index (χ3v) is 3.58. The summed E-state index contributed by atoms with van der Waals surface area (Å²) < 4.78 is 2.61. The highest BCUT2D eigenvalue weighted by atomic mass is 32.1. The topological polar surface area (TPSA) is 12.9 Å². The van der Waals surface area contributed by atoms with Crippen LogP contribution in [-0.4, -0.2) is 4.98 Å². The molecule has 2 heterocycles. The Bertz CT molecular complexity index is 444. The van der Waals surface area contributed by atoms with Gasteiger partial charge in [-0.15, -0.1) is 22.7 Å². The van der Waals surface area contributed by atoms with Gasteiger partial charge in [-0.05, 0) is 29.0 Å². The summed E-state index contributed by atoms with van der Waals surface area (Å²) in [4.78, 5) is 4.27. The Morgan fingerprint density at radius 2 is 2.08 bits per heavy atom. The molecule has 3 rings (SSSR count). The van der Waals surface area contributed by atoms with Crippen LogP contribution in [0.2, 0.25) is 0 Å². The van der Waals surface area contributed by atoms with Crippen LogP contribution in [-0.2, 0) is 0 Å². The van der Waals surface area contributed by atoms with E-state index in [1.165, 1.54) is 14.8 Å². The van der Waals surface area contributed by atoms with Crippen molar-refractivity contribution in [2.75, 3.05) is 0 Å². The lowest BCUT2D eigenvalue weighted by atomic mass is 10.2. The molecule has 0 aliphatic rings. The molecule has 1 nitrogen and oxygen atoms in total. The predicted octanol–water partition coefficient (Wildman–Crippen LogP) is 3.51. The average Bonchev–Trinajstić information content (AvgIpc) is 2.64. The quantitative estimate of drug-likeness (QED) is 0.530. The molecule has 0 atom stereocenters. The minimum absolute atomic E-state index is 1.12. The lowest BCUT2D eigenvalue weighted by Gasteiger charge is -1.88. The standard InChI is InChI=1S/C9H5NS2/c1-2-11-8-4-7-9(3-6(1)8)12-5-10-7/h1-5H. The normalized spacial score (nSPS) is 11.3. The molecule has 12 heavy (non-hydrogen) atoms. The predicted molar refractivity (Wildman–Crippen MR) is 55.0 cm³/mol. The summed E-state index contributed by atoms with van der Waals surface area (Å²) in [5.74, 6) is 0. The van der Waals surface area contributed by atoms with Crippen LogP contribution in [0.25, 0.3) is 20.3 Å². The molecular weight excluding hydrogens is 186 g/mol. The van der Waals surface area contributed by atoms with Crippen molar-refractivity contribution in [2.24, 2.45) is 0 Å². The molecule has 0 saturated carbocycles. The molecule has 0 N–H and O–H groups in total. The monoisotopic (exact) mass is 191 g/mol. The summed E-state index contributed by atoms with van der Waals surface area (Å²) in [6, 6.07) is 6.52. The highest BCUT2D eigenvalue weighted by Gasteiger charge is 1.99. The van der Waals surface area contributed by atoms with Crippen molar-refractivity contribution in [2.45, 2.75) is 0 Å². The van der Waals surface area contributed by atoms with Crippen LogP contribution >= 0.6 is 22.7 Å². The van der Waals surface area contributed by atoms with E-state index in [1.807, 2.05) is 5.51 Å². The Labute approximate surface area is 77.3 Å². The summed E-state index contributed by atoms with van der Waals surface area (Å²) in [5.41, 5.74) is 3.02. The molecule has 3 heteroatoms. The number of aromatic nitrogens is 1. The van der Waals surface area contributed by atoms with Crippen molar-refractivity contribution in [3.8, 4) is 0 Å². The molecule has 58 valence electrons. The number of thiazole rings is 1. The largest absolute Gasteiger partial charge is 0.245 e. The highest BCUT2D eigenvalue weighted by Crippen LogP contribution is 2.27. The first-order chi connectivity index (χ1) is 5.93. The maximum absolute atomic E-state index is 4.27. The van der Waals surface area contributed by atoms with Crippen LogP contribution in [0.5, 0.6) is 0 Å². The Hall–Kier alpha value is -0.930. The third-order valence-electron chi connectivity index (χ3n) is 1.91. The summed E-state index contributed by atoms with van der Waals surface area (Å²) in [7, 11) is 0. The molecule has 0 unspecified atom stereocenters. The summed E-state index contributed by atoms with van der Waals surface area (Å²) in [6.45, 7) is 0. The fourth-order valence-corrected chi connectivity index (χ4v) is 2.82. The molecule has 0 aliphatic carbocycles. The molecule has 1 aromatic carbocycles. The van der Waals surface area contributed by atoms with Crippen LogP contribution in [0.3, 0.4) is 0 Å². The van der Waals surface area contributed by atoms with Gasteiger partial charge in [0.1, 0.15) is 0 Å². The molecule has 0 bridgehead atoms. The van der Waals surface area contributed by atoms with Crippen molar-refractivity contribution >= 4 is 43.0 Å². The van der Waals surface area contributed by atoms with E-state index in [0.717, 1.165) is 5.52 Å². The van der Waals surface area contributed by atoms with Crippen LogP contribution in [0.1, 0.15) is 0 Å². The van der Waals surface area contributed by atoms with Gasteiger partial charge < -0.3 is 0 Å². The lowest BCUT2D eigenvalue weighted by molar-refractivity contribution is 1.51. The molecule has 0 radical (unpaired) electrons. The van der Waals surface area contributed by atoms with E-state index >= 15 is 0 Å². The van der Waals surface area contributed by atoms with Crippen LogP contribution in [0.4, 0.5) is 0 Å². The number of fused-ring (bicyclic) bond motifs is 2. The number of rotatable bonds is 0. The first-order valence-electron chi connectivity index (χ1n) is 3.64. The Balaban J connectivity index is 2.62. The SMILES string of the molecule is c1cc2cc3scnc3cc2s1. The number of benzene rings is 1. The maximum Gasteiger partial charge on any atom is 0.0826 e. The number of nitrogens with zero attached hydrogens (tertiary/aromatic N) is 1. The molecule has 0 aliphatic heterocycles. The zero-order valence-corrected chi connectivity index (χ0v) is 7.78. The molecule has 0 fully saturated rings. The van der Waals surface area contributed by atoms with E-state index in [9.17, 15) is 0 Å². The maximum atomic E-state index is 4.27. The Morgan fingerprint density at radius 1 is 1.08 bits per heavy atom. The minimum Gasteiger partial charge on any atom is -0.245 e. The summed E-state index contributed by atoms with van der Waals surface area (Å²) in [6.07, 6.45) is 0. The van der Waals surface area contributed by atoms with Gasteiger partial charge in [-0.25, -0.2) is 4.98 Å². The van der Waals surface area contributed by atoms with Gasteiger partial charge >= 0.3 is 0 Å². The van der Waals surface area contributed by atoms with Crippen molar-refractivity contribution in [3.05, 3.63) is 29.1 Å². The second kappa shape index (κ2) is 2.28. The highest BCUT2D eigenvalue weighted by molar-refractivity contribution is 7.18. The molecule has 0 saturated heterocycles. The fraction of sp³-hybridized carbons (Fsp3) is 0. The van der Waals surface area contributed by atoms with Gasteiger partial charge in [0.25, 0.3) is 0 Å². The molecule has 3 aromatic rings. The van der Waals surface area contributed by atoms with Crippen molar-refractivity contribution in [3.63, 3.8) is 0 Å². The number of hydrogen-bond donors (Lipinski definition) is 0. The third kappa shape index (κ3) is 0.806. The van der Waals surface area contributed by atoms with Gasteiger partial charge in [0, 0.05) is 4.70 Å². The fourth-order valence-electron chi connectivity index (χ4n) is 1.31. The second-order valence-electron chi connectivity index (χ2n) is 2.63. The molecular formula is C9H5NS2. The van der Waals surface area contributed by atoms with E-state index < -0.39 is 0 Å². The van der Waals surface area contributed by atoms with Gasteiger partial charge in [0.2, 0.25) is 0 Å². The smallest absolute Gasteiger partial charge is 0.0826 e. The first kappa shape index (κ1) is 6.57.